The fraction of sp³-hybridized carbons (Fsp3) is 0.0769. The number of hydrogen-bond acceptors (Lipinski definition) is 3. The molecule has 7 nitrogen and oxygen atoms in total. The van der Waals surface area contributed by atoms with Crippen LogP contribution in [0.1, 0.15) is 10.4 Å². The summed E-state index contributed by atoms with van der Waals surface area (Å²) in [5, 5.41) is 14.2. The molecule has 0 aliphatic carbocycles. The van der Waals surface area contributed by atoms with Gasteiger partial charge in [-0.3, -0.25) is 10.1 Å². The maximum Gasteiger partial charge on any atom is 0.314 e. The highest BCUT2D eigenvalue weighted by Crippen LogP contribution is 2.17. The van der Waals surface area contributed by atoms with E-state index in [9.17, 15) is 14.7 Å². The summed E-state index contributed by atoms with van der Waals surface area (Å²) in [6, 6.07) is 8.67. The predicted octanol–water partition coefficient (Wildman–Crippen LogP) is -0.155. The summed E-state index contributed by atoms with van der Waals surface area (Å²) in [7, 11) is 0. The number of carbonyl (C=O) groups is 2. The lowest BCUT2D eigenvalue weighted by Gasteiger charge is -2.01. The Morgan fingerprint density at radius 3 is 2.85 bits per heavy atom. The topological polar surface area (TPSA) is 120 Å². The van der Waals surface area contributed by atoms with Crippen molar-refractivity contribution >= 4 is 22.8 Å². The van der Waals surface area contributed by atoms with E-state index < -0.39 is 18.2 Å². The van der Waals surface area contributed by atoms with E-state index >= 15 is 0 Å². The van der Waals surface area contributed by atoms with Gasteiger partial charge in [0.2, 0.25) is 0 Å². The number of rotatable bonds is 2. The first kappa shape index (κ1) is 13.5. The van der Waals surface area contributed by atoms with Crippen LogP contribution in [0.2, 0.25) is 0 Å². The van der Waals surface area contributed by atoms with Gasteiger partial charge in [0.1, 0.15) is 0 Å². The van der Waals surface area contributed by atoms with Gasteiger partial charge >= 0.3 is 6.03 Å². The largest absolute Gasteiger partial charge is 0.363 e. The number of H-pyrrole nitrogens is 1. The number of fused-ring (bicyclic) bond motifs is 1. The maximum atomic E-state index is 11.9. The Bertz CT molecular complexity index is 711. The van der Waals surface area contributed by atoms with E-state index in [1.807, 2.05) is 23.5 Å². The molecule has 2 rings (SSSR count). The number of hydrogen-bond donors (Lipinski definition) is 5. The number of para-hydroxylation sites is 1. The fourth-order valence-electron chi connectivity index (χ4n) is 1.66. The van der Waals surface area contributed by atoms with E-state index in [2.05, 4.69) is 22.3 Å². The summed E-state index contributed by atoms with van der Waals surface area (Å²) in [6.07, 6.45) is 0.135. The van der Waals surface area contributed by atoms with Crippen LogP contribution in [0.3, 0.4) is 0 Å². The lowest BCUT2D eigenvalue weighted by Crippen LogP contribution is -2.37. The number of aromatic amines is 1. The molecule has 0 fully saturated rings. The summed E-state index contributed by atoms with van der Waals surface area (Å²) in [4.78, 5) is 25.3. The van der Waals surface area contributed by atoms with Crippen LogP contribution in [0.4, 0.5) is 4.79 Å². The second kappa shape index (κ2) is 5.77. The minimum absolute atomic E-state index is 0.416. The van der Waals surface area contributed by atoms with Crippen LogP contribution >= 0.6 is 0 Å². The second-order valence-corrected chi connectivity index (χ2v) is 3.88. The van der Waals surface area contributed by atoms with Crippen molar-refractivity contribution in [2.24, 2.45) is 5.73 Å². The number of primary amides is 1. The smallest absolute Gasteiger partial charge is 0.314 e. The molecule has 102 valence electrons. The molecule has 1 aromatic heterocycles. The van der Waals surface area contributed by atoms with Gasteiger partial charge in [-0.15, -0.1) is 0 Å². The molecule has 0 aliphatic heterocycles. The standard InChI is InChI=1S/C13H12N4O3/c14-13(20)17-11(18)5-6-15-12(19)9-7-16-10-4-2-1-3-8(9)10/h1-4,7,11,16,18H,(H,15,19)(H3,14,17,20). The van der Waals surface area contributed by atoms with Crippen LogP contribution in [-0.2, 0) is 0 Å². The van der Waals surface area contributed by atoms with Gasteiger partial charge in [-0.1, -0.05) is 18.2 Å². The van der Waals surface area contributed by atoms with Gasteiger partial charge in [-0.2, -0.15) is 0 Å². The monoisotopic (exact) mass is 272 g/mol. The van der Waals surface area contributed by atoms with Gasteiger partial charge in [0.15, 0.2) is 6.23 Å². The van der Waals surface area contributed by atoms with E-state index in [1.165, 1.54) is 0 Å². The van der Waals surface area contributed by atoms with Gasteiger partial charge in [0, 0.05) is 23.1 Å². The summed E-state index contributed by atoms with van der Waals surface area (Å²) < 4.78 is 0. The van der Waals surface area contributed by atoms with E-state index in [-0.39, 0.29) is 0 Å². The van der Waals surface area contributed by atoms with Crippen LogP contribution in [0, 0.1) is 12.0 Å². The number of aliphatic hydroxyl groups is 1. The molecule has 7 heteroatoms. The molecule has 1 aromatic carbocycles. The maximum absolute atomic E-state index is 11.9. The van der Waals surface area contributed by atoms with Gasteiger partial charge in [0.25, 0.3) is 5.91 Å². The zero-order chi connectivity index (χ0) is 14.5. The highest BCUT2D eigenvalue weighted by molar-refractivity contribution is 6.07. The molecule has 20 heavy (non-hydrogen) atoms. The Kier molecular flexibility index (Phi) is 3.88. The third-order valence-electron chi connectivity index (χ3n) is 2.50. The number of benzene rings is 1. The second-order valence-electron chi connectivity index (χ2n) is 3.88. The molecule has 0 saturated heterocycles. The highest BCUT2D eigenvalue weighted by atomic mass is 16.3. The fourth-order valence-corrected chi connectivity index (χ4v) is 1.66. The SMILES string of the molecule is NC(=O)NC(O)C#CNC(=O)c1c[nH]c2ccccc12. The third kappa shape index (κ3) is 3.07. The van der Waals surface area contributed by atoms with Crippen LogP contribution < -0.4 is 16.4 Å². The predicted molar refractivity (Wildman–Crippen MR) is 72.3 cm³/mol. The zero-order valence-electron chi connectivity index (χ0n) is 10.3. The summed E-state index contributed by atoms with van der Waals surface area (Å²) in [5.41, 5.74) is 6.07. The minimum atomic E-state index is -1.43. The molecule has 0 bridgehead atoms. The molecule has 2 aromatic rings. The molecular formula is C13H12N4O3. The van der Waals surface area contributed by atoms with Crippen LogP contribution in [-0.4, -0.2) is 28.3 Å². The first-order valence-corrected chi connectivity index (χ1v) is 5.69. The average Bonchev–Trinajstić information content (AvgIpc) is 2.81. The van der Waals surface area contributed by atoms with E-state index in [1.54, 1.807) is 12.3 Å². The number of nitrogens with two attached hydrogens (primary N) is 1. The molecule has 3 amide bonds. The van der Waals surface area contributed by atoms with Crippen molar-refractivity contribution in [3.8, 4) is 12.0 Å². The highest BCUT2D eigenvalue weighted by Gasteiger charge is 2.10. The molecule has 1 heterocycles. The molecule has 0 aliphatic rings. The van der Waals surface area contributed by atoms with Crippen molar-refractivity contribution < 1.29 is 14.7 Å². The first-order chi connectivity index (χ1) is 9.58. The van der Waals surface area contributed by atoms with Crippen LogP contribution in [0.15, 0.2) is 30.5 Å². The number of nitrogens with one attached hydrogen (secondary N) is 3. The van der Waals surface area contributed by atoms with E-state index in [0.29, 0.717) is 5.56 Å². The number of urea groups is 1. The van der Waals surface area contributed by atoms with E-state index in [4.69, 9.17) is 5.73 Å². The Morgan fingerprint density at radius 2 is 2.10 bits per heavy atom. The summed E-state index contributed by atoms with van der Waals surface area (Å²) >= 11 is 0. The number of carbonyl (C=O) groups excluding carboxylic acids is 2. The zero-order valence-corrected chi connectivity index (χ0v) is 10.3. The first-order valence-electron chi connectivity index (χ1n) is 5.69. The molecule has 0 radical (unpaired) electrons. The molecule has 0 saturated carbocycles. The Hall–Kier alpha value is -2.98. The number of amides is 3. The number of aromatic nitrogens is 1. The van der Waals surface area contributed by atoms with Gasteiger partial charge in [-0.25, -0.2) is 4.79 Å². The Morgan fingerprint density at radius 1 is 1.35 bits per heavy atom. The lowest BCUT2D eigenvalue weighted by molar-refractivity contribution is 0.0975. The van der Waals surface area contributed by atoms with Crippen molar-refractivity contribution in [1.82, 2.24) is 15.6 Å². The summed E-state index contributed by atoms with van der Waals surface area (Å²) in [6.45, 7) is 0. The normalized spacial score (nSPS) is 11.2. The van der Waals surface area contributed by atoms with Crippen molar-refractivity contribution in [2.45, 2.75) is 6.23 Å². The molecule has 1 atom stereocenters. The third-order valence-corrected chi connectivity index (χ3v) is 2.50. The number of aliphatic hydroxyl groups excluding tert-OH is 1. The van der Waals surface area contributed by atoms with Crippen LogP contribution in [0.25, 0.3) is 10.9 Å². The molecule has 0 spiro atoms. The van der Waals surface area contributed by atoms with Crippen molar-refractivity contribution in [1.29, 1.82) is 0 Å². The van der Waals surface area contributed by atoms with Gasteiger partial charge in [0.05, 0.1) is 5.56 Å². The minimum Gasteiger partial charge on any atom is -0.363 e. The molecule has 6 N–H and O–H groups in total. The molecular weight excluding hydrogens is 260 g/mol. The van der Waals surface area contributed by atoms with Crippen LogP contribution in [0.5, 0.6) is 0 Å². The van der Waals surface area contributed by atoms with Crippen molar-refractivity contribution in [3.63, 3.8) is 0 Å². The quantitative estimate of drug-likeness (QED) is 0.297. The Labute approximate surface area is 114 Å². The van der Waals surface area contributed by atoms with Gasteiger partial charge in [-0.05, 0) is 12.0 Å². The Balaban J connectivity index is 2.06. The van der Waals surface area contributed by atoms with Gasteiger partial charge < -0.3 is 21.1 Å². The molecule has 1 unspecified atom stereocenters. The average molecular weight is 272 g/mol. The van der Waals surface area contributed by atoms with E-state index in [0.717, 1.165) is 10.9 Å². The lowest BCUT2D eigenvalue weighted by atomic mass is 10.2. The summed E-state index contributed by atoms with van der Waals surface area (Å²) in [5.74, 6) is 1.79. The van der Waals surface area contributed by atoms with Crippen molar-refractivity contribution in [2.75, 3.05) is 0 Å². The van der Waals surface area contributed by atoms with Crippen molar-refractivity contribution in [3.05, 3.63) is 36.0 Å².